The van der Waals surface area contributed by atoms with E-state index in [1.807, 2.05) is 0 Å². The van der Waals surface area contributed by atoms with Crippen molar-refractivity contribution in [1.82, 2.24) is 4.31 Å². The van der Waals surface area contributed by atoms with Gasteiger partial charge in [-0.25, -0.2) is 8.51 Å². The molecule has 0 radical (unpaired) electrons. The zero-order valence-corrected chi connectivity index (χ0v) is 12.0. The number of non-ortho nitro benzene ring substituents is 1. The first kappa shape index (κ1) is 16.1. The molecule has 0 aliphatic rings. The number of benzene rings is 1. The summed E-state index contributed by atoms with van der Waals surface area (Å²) < 4.78 is 14.2. The molecule has 110 valence electrons. The van der Waals surface area contributed by atoms with Crippen LogP contribution in [0, 0.1) is 20.2 Å². The highest BCUT2D eigenvalue weighted by atomic mass is 32.2. The molecule has 1 aromatic carbocycles. The summed E-state index contributed by atoms with van der Waals surface area (Å²) in [6.07, 6.45) is 0. The quantitative estimate of drug-likeness (QED) is 0.452. The first-order valence-corrected chi connectivity index (χ1v) is 7.49. The molecule has 0 N–H and O–H groups in total. The molecule has 0 fully saturated rings. The molecule has 0 aliphatic heterocycles. The van der Waals surface area contributed by atoms with Crippen molar-refractivity contribution in [2.24, 2.45) is 0 Å². The zero-order valence-electron chi connectivity index (χ0n) is 11.1. The van der Waals surface area contributed by atoms with Crippen molar-refractivity contribution < 1.29 is 14.1 Å². The van der Waals surface area contributed by atoms with E-state index in [-0.39, 0.29) is 4.90 Å². The van der Waals surface area contributed by atoms with Crippen molar-refractivity contribution >= 4 is 27.0 Å². The fourth-order valence-corrected chi connectivity index (χ4v) is 3.66. The van der Waals surface area contributed by atoms with Crippen LogP contribution in [-0.2, 0) is 9.71 Å². The van der Waals surface area contributed by atoms with Crippen molar-refractivity contribution in [2.75, 3.05) is 13.1 Å². The lowest BCUT2D eigenvalue weighted by Gasteiger charge is -2.23. The van der Waals surface area contributed by atoms with Crippen molar-refractivity contribution in [2.45, 2.75) is 18.7 Å². The third-order valence-electron chi connectivity index (χ3n) is 2.82. The lowest BCUT2D eigenvalue weighted by Crippen LogP contribution is -2.30. The van der Waals surface area contributed by atoms with Crippen LogP contribution in [0.5, 0.6) is 0 Å². The van der Waals surface area contributed by atoms with E-state index in [2.05, 4.69) is 5.87 Å². The van der Waals surface area contributed by atoms with Gasteiger partial charge in [-0.1, -0.05) is 13.8 Å². The molecule has 1 atom stereocenters. The largest absolute Gasteiger partial charge is 0.293 e. The monoisotopic (exact) mass is 301 g/mol. The Morgan fingerprint density at radius 2 is 1.75 bits per heavy atom. The van der Waals surface area contributed by atoms with Crippen LogP contribution in [0.1, 0.15) is 13.8 Å². The van der Waals surface area contributed by atoms with E-state index in [0.717, 1.165) is 18.2 Å². The highest BCUT2D eigenvalue weighted by Crippen LogP contribution is 2.30. The number of nitro groups is 2. The molecule has 0 amide bonds. The molecule has 0 aliphatic carbocycles. The smallest absolute Gasteiger partial charge is 0.258 e. The topological polar surface area (TPSA) is 107 Å². The molecule has 0 saturated carbocycles. The van der Waals surface area contributed by atoms with Gasteiger partial charge in [0.15, 0.2) is 0 Å². The molecule has 0 bridgehead atoms. The summed E-state index contributed by atoms with van der Waals surface area (Å²) in [5.74, 6) is 3.58. The zero-order chi connectivity index (χ0) is 15.5. The fraction of sp³-hybridized carbons (Fsp3) is 0.364. The van der Waals surface area contributed by atoms with Gasteiger partial charge in [-0.05, 0) is 11.9 Å². The second kappa shape index (κ2) is 5.97. The maximum atomic E-state index is 12.7. The van der Waals surface area contributed by atoms with Crippen molar-refractivity contribution in [3.05, 3.63) is 38.4 Å². The van der Waals surface area contributed by atoms with Gasteiger partial charge in [0.2, 0.25) is 0 Å². The van der Waals surface area contributed by atoms with Crippen LogP contribution < -0.4 is 0 Å². The summed E-state index contributed by atoms with van der Waals surface area (Å²) in [7, 11) is -3.05. The van der Waals surface area contributed by atoms with Crippen LogP contribution in [0.4, 0.5) is 11.4 Å². The summed E-state index contributed by atoms with van der Waals surface area (Å²) in [5, 5.41) is 21.7. The highest BCUT2D eigenvalue weighted by molar-refractivity contribution is 7.98. The number of hydrogen-bond acceptors (Lipinski definition) is 5. The van der Waals surface area contributed by atoms with Gasteiger partial charge in [0.1, 0.15) is 4.90 Å². The van der Waals surface area contributed by atoms with Gasteiger partial charge in [-0.15, -0.1) is 0 Å². The summed E-state index contributed by atoms with van der Waals surface area (Å²) in [4.78, 5) is 20.1. The van der Waals surface area contributed by atoms with Crippen molar-refractivity contribution in [3.8, 4) is 0 Å². The summed E-state index contributed by atoms with van der Waals surface area (Å²) in [5.41, 5.74) is -0.971. The van der Waals surface area contributed by atoms with Gasteiger partial charge < -0.3 is 0 Å². The van der Waals surface area contributed by atoms with Gasteiger partial charge in [0, 0.05) is 19.2 Å². The number of rotatable bonds is 6. The third kappa shape index (κ3) is 2.94. The van der Waals surface area contributed by atoms with Crippen LogP contribution >= 0.6 is 0 Å². The minimum atomic E-state index is -3.05. The molecule has 0 heterocycles. The van der Waals surface area contributed by atoms with Crippen LogP contribution in [-0.4, -0.2) is 37.3 Å². The van der Waals surface area contributed by atoms with E-state index >= 15 is 0 Å². The predicted octanol–water partition coefficient (Wildman–Crippen LogP) is 1.84. The summed E-state index contributed by atoms with van der Waals surface area (Å²) in [6.45, 7) is 4.30. The van der Waals surface area contributed by atoms with Crippen LogP contribution in [0.3, 0.4) is 0 Å². The van der Waals surface area contributed by atoms with E-state index in [0.29, 0.717) is 13.1 Å². The van der Waals surface area contributed by atoms with E-state index < -0.39 is 30.9 Å². The maximum Gasteiger partial charge on any atom is 0.293 e. The molecular formula is C11H15N3O5S. The van der Waals surface area contributed by atoms with Gasteiger partial charge in [0.25, 0.3) is 11.4 Å². The molecule has 0 spiro atoms. The molecule has 1 aromatic rings. The Hall–Kier alpha value is -2.00. The average Bonchev–Trinajstić information content (AvgIpc) is 2.38. The second-order valence-electron chi connectivity index (χ2n) is 3.92. The Morgan fingerprint density at radius 1 is 1.20 bits per heavy atom. The highest BCUT2D eigenvalue weighted by Gasteiger charge is 2.27. The predicted molar refractivity (Wildman–Crippen MR) is 76.2 cm³/mol. The molecule has 1 rings (SSSR count). The maximum absolute atomic E-state index is 12.7. The normalized spacial score (nSPS) is 13.9. The van der Waals surface area contributed by atoms with Crippen LogP contribution in [0.15, 0.2) is 23.1 Å². The molecule has 8 nitrogen and oxygen atoms in total. The van der Waals surface area contributed by atoms with Gasteiger partial charge in [-0.3, -0.25) is 20.2 Å². The number of nitro benzene ring substituents is 2. The Kier molecular flexibility index (Phi) is 4.79. The Morgan fingerprint density at radius 3 is 2.15 bits per heavy atom. The van der Waals surface area contributed by atoms with Crippen molar-refractivity contribution in [3.63, 3.8) is 0 Å². The molecular weight excluding hydrogens is 286 g/mol. The second-order valence-corrected chi connectivity index (χ2v) is 6.16. The average molecular weight is 301 g/mol. The fourth-order valence-electron chi connectivity index (χ4n) is 1.81. The standard InChI is InChI=1S/C11H15N3O5S/c1-4-12(5-2)20(3,19)11-7-6-9(13(15)16)8-10(11)14(17)18/h6-8H,3-5H2,1-2H3. The molecule has 9 heteroatoms. The summed E-state index contributed by atoms with van der Waals surface area (Å²) >= 11 is 0. The molecule has 20 heavy (non-hydrogen) atoms. The first-order chi connectivity index (χ1) is 9.25. The van der Waals surface area contributed by atoms with E-state index in [1.165, 1.54) is 4.31 Å². The van der Waals surface area contributed by atoms with Crippen molar-refractivity contribution in [1.29, 1.82) is 0 Å². The first-order valence-electron chi connectivity index (χ1n) is 5.80. The van der Waals surface area contributed by atoms with Gasteiger partial charge in [0.05, 0.1) is 25.6 Å². The van der Waals surface area contributed by atoms with E-state index in [4.69, 9.17) is 0 Å². The lowest BCUT2D eigenvalue weighted by molar-refractivity contribution is -0.396. The van der Waals surface area contributed by atoms with Gasteiger partial charge >= 0.3 is 0 Å². The van der Waals surface area contributed by atoms with Gasteiger partial charge in [-0.2, -0.15) is 0 Å². The van der Waals surface area contributed by atoms with E-state index in [9.17, 15) is 24.4 Å². The molecule has 0 saturated heterocycles. The molecule has 0 aromatic heterocycles. The SMILES string of the molecule is C=S(=O)(c1ccc([N+](=O)[O-])cc1[N+](=O)[O-])N(CC)CC. The third-order valence-corrected chi connectivity index (χ3v) is 5.20. The lowest BCUT2D eigenvalue weighted by atomic mass is 10.3. The summed E-state index contributed by atoms with van der Waals surface area (Å²) in [6, 6.07) is 3.05. The van der Waals surface area contributed by atoms with Crippen LogP contribution in [0.2, 0.25) is 0 Å². The number of nitrogens with zero attached hydrogens (tertiary/aromatic N) is 3. The van der Waals surface area contributed by atoms with E-state index in [1.54, 1.807) is 13.8 Å². The molecule has 1 unspecified atom stereocenters. The van der Waals surface area contributed by atoms with Crippen LogP contribution in [0.25, 0.3) is 0 Å². The Balaban J connectivity index is 3.53. The minimum Gasteiger partial charge on any atom is -0.258 e. The minimum absolute atomic E-state index is 0.100. The Labute approximate surface area is 116 Å². The Bertz CT molecular complexity index is 637. The number of hydrogen-bond donors (Lipinski definition) is 0.